The van der Waals surface area contributed by atoms with Crippen molar-refractivity contribution in [2.24, 2.45) is 5.92 Å². The van der Waals surface area contributed by atoms with E-state index in [2.05, 4.69) is 15.2 Å². The van der Waals surface area contributed by atoms with Gasteiger partial charge in [-0.05, 0) is 37.8 Å². The standard InChI is InChI=1S/C18H21N5O2/c1-12-16(21-23(17(12)19)14-5-3-2-4-6-14)18-20-15(25-22-18)8-7-13-9-10-24-11-13/h2-6,13H,7-11,19H2,1H3. The van der Waals surface area contributed by atoms with Crippen LogP contribution in [0.5, 0.6) is 0 Å². The van der Waals surface area contributed by atoms with Crippen LogP contribution in [0.2, 0.25) is 0 Å². The van der Waals surface area contributed by atoms with Crippen LogP contribution in [-0.2, 0) is 11.2 Å². The lowest BCUT2D eigenvalue weighted by atomic mass is 10.0. The summed E-state index contributed by atoms with van der Waals surface area (Å²) >= 11 is 0. The van der Waals surface area contributed by atoms with E-state index in [-0.39, 0.29) is 0 Å². The minimum atomic E-state index is 0.483. The highest BCUT2D eigenvalue weighted by molar-refractivity contribution is 5.63. The van der Waals surface area contributed by atoms with Crippen molar-refractivity contribution in [2.75, 3.05) is 18.9 Å². The van der Waals surface area contributed by atoms with E-state index in [1.807, 2.05) is 37.3 Å². The van der Waals surface area contributed by atoms with E-state index in [0.29, 0.717) is 29.1 Å². The molecule has 0 radical (unpaired) electrons. The predicted octanol–water partition coefficient (Wildman–Crippen LogP) is 2.78. The van der Waals surface area contributed by atoms with E-state index in [9.17, 15) is 0 Å². The number of nitrogens with zero attached hydrogens (tertiary/aromatic N) is 4. The highest BCUT2D eigenvalue weighted by Gasteiger charge is 2.21. The molecule has 2 N–H and O–H groups in total. The average molecular weight is 339 g/mol. The number of nitrogen functional groups attached to an aromatic ring is 1. The Hall–Kier alpha value is -2.67. The smallest absolute Gasteiger partial charge is 0.227 e. The van der Waals surface area contributed by atoms with Gasteiger partial charge in [-0.15, -0.1) is 0 Å². The van der Waals surface area contributed by atoms with Gasteiger partial charge < -0.3 is 15.0 Å². The summed E-state index contributed by atoms with van der Waals surface area (Å²) in [6, 6.07) is 9.77. The average Bonchev–Trinajstić information content (AvgIpc) is 3.37. The number of benzene rings is 1. The normalized spacial score (nSPS) is 17.2. The highest BCUT2D eigenvalue weighted by atomic mass is 16.5. The molecule has 1 atom stereocenters. The maximum absolute atomic E-state index is 6.22. The summed E-state index contributed by atoms with van der Waals surface area (Å²) in [6.45, 7) is 3.61. The maximum Gasteiger partial charge on any atom is 0.227 e. The van der Waals surface area contributed by atoms with Crippen LogP contribution >= 0.6 is 0 Å². The first-order chi connectivity index (χ1) is 12.2. The molecule has 1 unspecified atom stereocenters. The molecule has 3 heterocycles. The lowest BCUT2D eigenvalue weighted by Gasteiger charge is -2.02. The van der Waals surface area contributed by atoms with E-state index in [1.54, 1.807) is 4.68 Å². The zero-order chi connectivity index (χ0) is 17.2. The van der Waals surface area contributed by atoms with Crippen molar-refractivity contribution in [3.8, 4) is 17.2 Å². The molecule has 1 fully saturated rings. The van der Waals surface area contributed by atoms with Crippen LogP contribution in [0.3, 0.4) is 0 Å². The van der Waals surface area contributed by atoms with Crippen LogP contribution in [-0.4, -0.2) is 33.1 Å². The Morgan fingerprint density at radius 2 is 2.12 bits per heavy atom. The van der Waals surface area contributed by atoms with Crippen molar-refractivity contribution in [3.05, 3.63) is 41.8 Å². The molecule has 3 aromatic rings. The van der Waals surface area contributed by atoms with Gasteiger partial charge in [0.25, 0.3) is 0 Å². The van der Waals surface area contributed by atoms with Gasteiger partial charge in [0.1, 0.15) is 11.5 Å². The van der Waals surface area contributed by atoms with Crippen molar-refractivity contribution < 1.29 is 9.26 Å². The third-order valence-electron chi connectivity index (χ3n) is 4.64. The third kappa shape index (κ3) is 3.15. The van der Waals surface area contributed by atoms with Crippen molar-refractivity contribution in [3.63, 3.8) is 0 Å². The Bertz CT molecular complexity index is 850. The van der Waals surface area contributed by atoms with Gasteiger partial charge in [-0.25, -0.2) is 4.68 Å². The van der Waals surface area contributed by atoms with Gasteiger partial charge >= 0.3 is 0 Å². The number of ether oxygens (including phenoxy) is 1. The molecule has 0 bridgehead atoms. The van der Waals surface area contributed by atoms with E-state index in [1.165, 1.54) is 0 Å². The Labute approximate surface area is 145 Å². The summed E-state index contributed by atoms with van der Waals surface area (Å²) in [4.78, 5) is 4.50. The Balaban J connectivity index is 1.56. The fourth-order valence-electron chi connectivity index (χ4n) is 3.08. The molecule has 1 aliphatic rings. The minimum absolute atomic E-state index is 0.483. The topological polar surface area (TPSA) is 92.0 Å². The summed E-state index contributed by atoms with van der Waals surface area (Å²) in [5.74, 6) is 2.28. The molecule has 2 aromatic heterocycles. The van der Waals surface area contributed by atoms with Gasteiger partial charge in [-0.2, -0.15) is 10.1 Å². The van der Waals surface area contributed by atoms with E-state index >= 15 is 0 Å². The van der Waals surface area contributed by atoms with Crippen LogP contribution in [0.1, 0.15) is 24.3 Å². The molecule has 7 nitrogen and oxygen atoms in total. The SMILES string of the molecule is Cc1c(-c2noc(CCC3CCOC3)n2)nn(-c2ccccc2)c1N. The number of hydrogen-bond donors (Lipinski definition) is 1. The first kappa shape index (κ1) is 15.8. The number of nitrogens with two attached hydrogens (primary N) is 1. The number of aromatic nitrogens is 4. The van der Waals surface area contributed by atoms with Crippen LogP contribution in [0.25, 0.3) is 17.2 Å². The zero-order valence-electron chi connectivity index (χ0n) is 14.2. The van der Waals surface area contributed by atoms with Crippen molar-refractivity contribution in [2.45, 2.75) is 26.2 Å². The molecule has 130 valence electrons. The lowest BCUT2D eigenvalue weighted by molar-refractivity contribution is 0.183. The summed E-state index contributed by atoms with van der Waals surface area (Å²) in [5, 5.41) is 8.68. The monoisotopic (exact) mass is 339 g/mol. The van der Waals surface area contributed by atoms with Crippen molar-refractivity contribution in [1.29, 1.82) is 0 Å². The van der Waals surface area contributed by atoms with Gasteiger partial charge in [0, 0.05) is 25.2 Å². The van der Waals surface area contributed by atoms with Crippen LogP contribution in [0, 0.1) is 12.8 Å². The highest BCUT2D eigenvalue weighted by Crippen LogP contribution is 2.27. The molecule has 0 aliphatic carbocycles. The van der Waals surface area contributed by atoms with E-state index in [4.69, 9.17) is 15.0 Å². The van der Waals surface area contributed by atoms with Crippen LogP contribution in [0.4, 0.5) is 5.82 Å². The molecular formula is C18H21N5O2. The zero-order valence-corrected chi connectivity index (χ0v) is 14.2. The Morgan fingerprint density at radius 1 is 1.28 bits per heavy atom. The molecule has 25 heavy (non-hydrogen) atoms. The fraction of sp³-hybridized carbons (Fsp3) is 0.389. The van der Waals surface area contributed by atoms with E-state index in [0.717, 1.165) is 43.7 Å². The van der Waals surface area contributed by atoms with Crippen molar-refractivity contribution in [1.82, 2.24) is 19.9 Å². The number of aryl methyl sites for hydroxylation is 1. The number of anilines is 1. The summed E-state index contributed by atoms with van der Waals surface area (Å²) < 4.78 is 12.5. The Morgan fingerprint density at radius 3 is 2.88 bits per heavy atom. The number of rotatable bonds is 5. The predicted molar refractivity (Wildman–Crippen MR) is 93.3 cm³/mol. The second-order valence-electron chi connectivity index (χ2n) is 6.39. The number of hydrogen-bond acceptors (Lipinski definition) is 6. The fourth-order valence-corrected chi connectivity index (χ4v) is 3.08. The van der Waals surface area contributed by atoms with Crippen molar-refractivity contribution >= 4 is 5.82 Å². The maximum atomic E-state index is 6.22. The summed E-state index contributed by atoms with van der Waals surface area (Å²) in [5.41, 5.74) is 8.62. The summed E-state index contributed by atoms with van der Waals surface area (Å²) in [6.07, 6.45) is 2.87. The molecule has 7 heteroatoms. The second kappa shape index (κ2) is 6.68. The second-order valence-corrected chi connectivity index (χ2v) is 6.39. The van der Waals surface area contributed by atoms with Gasteiger partial charge in [0.2, 0.25) is 11.7 Å². The van der Waals surface area contributed by atoms with Crippen LogP contribution in [0.15, 0.2) is 34.9 Å². The lowest BCUT2D eigenvalue weighted by Crippen LogP contribution is -2.01. The third-order valence-corrected chi connectivity index (χ3v) is 4.64. The quantitative estimate of drug-likeness (QED) is 0.768. The molecule has 0 amide bonds. The van der Waals surface area contributed by atoms with Gasteiger partial charge in [0.15, 0.2) is 0 Å². The van der Waals surface area contributed by atoms with Gasteiger partial charge in [0.05, 0.1) is 5.69 Å². The molecule has 0 saturated carbocycles. The first-order valence-electron chi connectivity index (χ1n) is 8.53. The molecule has 0 spiro atoms. The molecule has 1 aliphatic heterocycles. The molecule has 1 aromatic carbocycles. The Kier molecular flexibility index (Phi) is 4.23. The molecule has 4 rings (SSSR count). The summed E-state index contributed by atoms with van der Waals surface area (Å²) in [7, 11) is 0. The van der Waals surface area contributed by atoms with Crippen LogP contribution < -0.4 is 5.73 Å². The first-order valence-corrected chi connectivity index (χ1v) is 8.53. The van der Waals surface area contributed by atoms with Gasteiger partial charge in [-0.3, -0.25) is 0 Å². The number of para-hydroxylation sites is 1. The minimum Gasteiger partial charge on any atom is -0.383 e. The van der Waals surface area contributed by atoms with E-state index < -0.39 is 0 Å². The van der Waals surface area contributed by atoms with Gasteiger partial charge in [-0.1, -0.05) is 23.4 Å². The molecule has 1 saturated heterocycles. The largest absolute Gasteiger partial charge is 0.383 e. The molecular weight excluding hydrogens is 318 g/mol.